The van der Waals surface area contributed by atoms with Gasteiger partial charge in [-0.15, -0.1) is 0 Å². The molecule has 140 valence electrons. The van der Waals surface area contributed by atoms with Gasteiger partial charge in [0.25, 0.3) is 0 Å². The Labute approximate surface area is 161 Å². The molecule has 4 aromatic rings. The molecule has 0 spiro atoms. The molecule has 3 aromatic carbocycles. The van der Waals surface area contributed by atoms with E-state index in [1.165, 1.54) is 26.6 Å². The number of rotatable bonds is 5. The first-order chi connectivity index (χ1) is 13.6. The molecule has 0 fully saturated rings. The Morgan fingerprint density at radius 1 is 1.00 bits per heavy atom. The maximum absolute atomic E-state index is 12.9. The molecule has 1 aromatic heterocycles. The number of phenols is 1. The van der Waals surface area contributed by atoms with E-state index in [1.54, 1.807) is 12.1 Å². The van der Waals surface area contributed by atoms with Gasteiger partial charge in [0.15, 0.2) is 17.1 Å². The first kappa shape index (κ1) is 17.7. The highest BCUT2D eigenvalue weighted by atomic mass is 16.5. The molecule has 28 heavy (non-hydrogen) atoms. The Hall–Kier alpha value is -3.73. The lowest BCUT2D eigenvalue weighted by Gasteiger charge is -2.13. The average Bonchev–Trinajstić information content (AvgIpc) is 3.20. The van der Waals surface area contributed by atoms with E-state index < -0.39 is 5.78 Å². The molecule has 0 saturated carbocycles. The maximum Gasteiger partial charge on any atom is 0.205 e. The number of ketones is 1. The first-order valence-corrected chi connectivity index (χ1v) is 8.69. The number of carbonyl (C=O) groups is 1. The van der Waals surface area contributed by atoms with E-state index in [9.17, 15) is 9.90 Å². The molecule has 0 aliphatic heterocycles. The highest BCUT2D eigenvalue weighted by molar-refractivity contribution is 6.15. The molecule has 0 aliphatic rings. The molecule has 4 rings (SSSR count). The summed E-state index contributed by atoms with van der Waals surface area (Å²) in [6, 6.07) is 15.6. The van der Waals surface area contributed by atoms with Crippen molar-refractivity contribution in [1.82, 2.24) is 0 Å². The van der Waals surface area contributed by atoms with Crippen LogP contribution in [0.4, 0.5) is 0 Å². The summed E-state index contributed by atoms with van der Waals surface area (Å²) in [6.07, 6.45) is 4.57. The Morgan fingerprint density at radius 3 is 2.50 bits per heavy atom. The highest BCUT2D eigenvalue weighted by Crippen LogP contribution is 2.45. The fourth-order valence-corrected chi connectivity index (χ4v) is 3.32. The molecule has 0 amide bonds. The third-order valence-electron chi connectivity index (χ3n) is 4.65. The number of methoxy groups -OCH3 is 2. The second kappa shape index (κ2) is 7.12. The van der Waals surface area contributed by atoms with Gasteiger partial charge in [-0.25, -0.2) is 0 Å². The van der Waals surface area contributed by atoms with Gasteiger partial charge in [-0.3, -0.25) is 4.79 Å². The molecule has 0 radical (unpaired) electrons. The highest BCUT2D eigenvalue weighted by Gasteiger charge is 2.26. The van der Waals surface area contributed by atoms with E-state index in [2.05, 4.69) is 0 Å². The minimum absolute atomic E-state index is 0.0327. The summed E-state index contributed by atoms with van der Waals surface area (Å²) in [5.74, 6) is -0.364. The van der Waals surface area contributed by atoms with Crippen LogP contribution >= 0.6 is 0 Å². The van der Waals surface area contributed by atoms with Crippen LogP contribution in [0.1, 0.15) is 15.9 Å². The number of fused-ring (bicyclic) bond motifs is 2. The van der Waals surface area contributed by atoms with Crippen LogP contribution in [0, 0.1) is 0 Å². The number of ether oxygens (including phenoxy) is 2. The fourth-order valence-electron chi connectivity index (χ4n) is 3.32. The lowest BCUT2D eigenvalue weighted by Crippen LogP contribution is -2.02. The van der Waals surface area contributed by atoms with Gasteiger partial charge < -0.3 is 19.0 Å². The first-order valence-electron chi connectivity index (χ1n) is 8.69. The van der Waals surface area contributed by atoms with Gasteiger partial charge in [-0.1, -0.05) is 42.5 Å². The van der Waals surface area contributed by atoms with Crippen LogP contribution in [0.15, 0.2) is 65.3 Å². The van der Waals surface area contributed by atoms with Crippen LogP contribution in [0.25, 0.3) is 27.8 Å². The van der Waals surface area contributed by atoms with Gasteiger partial charge in [0, 0.05) is 0 Å². The molecule has 5 heteroatoms. The standard InChI is InChI=1S/C23H18O5/c1-26-21-17-11-12-28-22(17)23(27-2)20(25)19(21)18(24)10-8-14-7-9-15-5-3-4-6-16(15)13-14/h3-13,25H,1-2H3/b10-8+. The van der Waals surface area contributed by atoms with Gasteiger partial charge in [0.05, 0.1) is 25.9 Å². The van der Waals surface area contributed by atoms with Crippen molar-refractivity contribution in [2.45, 2.75) is 0 Å². The molecule has 1 N–H and O–H groups in total. The number of phenolic OH excluding ortho intramolecular Hbond substituents is 1. The molecule has 5 nitrogen and oxygen atoms in total. The van der Waals surface area contributed by atoms with Gasteiger partial charge >= 0.3 is 0 Å². The second-order valence-corrected chi connectivity index (χ2v) is 6.26. The van der Waals surface area contributed by atoms with Crippen molar-refractivity contribution in [3.63, 3.8) is 0 Å². The number of hydrogen-bond donors (Lipinski definition) is 1. The fraction of sp³-hybridized carbons (Fsp3) is 0.0870. The third kappa shape index (κ3) is 2.87. The smallest absolute Gasteiger partial charge is 0.205 e. The van der Waals surface area contributed by atoms with E-state index in [4.69, 9.17) is 13.9 Å². The second-order valence-electron chi connectivity index (χ2n) is 6.26. The predicted octanol–water partition coefficient (Wildman–Crippen LogP) is 5.20. The van der Waals surface area contributed by atoms with Crippen molar-refractivity contribution >= 4 is 33.6 Å². The number of allylic oxidation sites excluding steroid dienone is 1. The number of carbonyl (C=O) groups excluding carboxylic acids is 1. The number of furan rings is 1. The van der Waals surface area contributed by atoms with Crippen LogP contribution in [-0.2, 0) is 0 Å². The topological polar surface area (TPSA) is 68.9 Å². The quantitative estimate of drug-likeness (QED) is 0.384. The molecular formula is C23H18O5. The summed E-state index contributed by atoms with van der Waals surface area (Å²) in [6.45, 7) is 0. The summed E-state index contributed by atoms with van der Waals surface area (Å²) >= 11 is 0. The van der Waals surface area contributed by atoms with Gasteiger partial charge in [0.1, 0.15) is 11.3 Å². The van der Waals surface area contributed by atoms with Gasteiger partial charge in [-0.05, 0) is 34.5 Å². The van der Waals surface area contributed by atoms with Crippen molar-refractivity contribution in [1.29, 1.82) is 0 Å². The lowest BCUT2D eigenvalue weighted by atomic mass is 10.0. The zero-order valence-electron chi connectivity index (χ0n) is 15.4. The predicted molar refractivity (Wildman–Crippen MR) is 108 cm³/mol. The monoisotopic (exact) mass is 374 g/mol. The normalized spacial score (nSPS) is 11.4. The number of aromatic hydroxyl groups is 1. The molecule has 0 atom stereocenters. The Kier molecular flexibility index (Phi) is 4.49. The summed E-state index contributed by atoms with van der Waals surface area (Å²) < 4.78 is 16.0. The summed E-state index contributed by atoms with van der Waals surface area (Å²) in [5.41, 5.74) is 1.24. The lowest BCUT2D eigenvalue weighted by molar-refractivity contribution is 0.104. The molecule has 0 unspecified atom stereocenters. The zero-order chi connectivity index (χ0) is 19.7. The van der Waals surface area contributed by atoms with Crippen LogP contribution in [0.3, 0.4) is 0 Å². The molecule has 0 aliphatic carbocycles. The minimum Gasteiger partial charge on any atom is -0.504 e. The van der Waals surface area contributed by atoms with Gasteiger partial charge in [-0.2, -0.15) is 0 Å². The van der Waals surface area contributed by atoms with E-state index >= 15 is 0 Å². The van der Waals surface area contributed by atoms with Crippen molar-refractivity contribution in [3.05, 3.63) is 72.0 Å². The minimum atomic E-state index is -0.399. The van der Waals surface area contributed by atoms with E-state index in [-0.39, 0.29) is 22.8 Å². The van der Waals surface area contributed by atoms with E-state index in [0.717, 1.165) is 16.3 Å². The van der Waals surface area contributed by atoms with Crippen LogP contribution in [0.5, 0.6) is 17.2 Å². The van der Waals surface area contributed by atoms with Crippen molar-refractivity contribution in [2.24, 2.45) is 0 Å². The third-order valence-corrected chi connectivity index (χ3v) is 4.65. The van der Waals surface area contributed by atoms with Crippen molar-refractivity contribution in [2.75, 3.05) is 14.2 Å². The van der Waals surface area contributed by atoms with Crippen LogP contribution < -0.4 is 9.47 Å². The van der Waals surface area contributed by atoms with E-state index in [1.807, 2.05) is 42.5 Å². The summed E-state index contributed by atoms with van der Waals surface area (Å²) in [5, 5.41) is 13.4. The summed E-state index contributed by atoms with van der Waals surface area (Å²) in [4.78, 5) is 12.9. The Morgan fingerprint density at radius 2 is 1.75 bits per heavy atom. The largest absolute Gasteiger partial charge is 0.504 e. The number of hydrogen-bond acceptors (Lipinski definition) is 5. The Bertz CT molecular complexity index is 1220. The average molecular weight is 374 g/mol. The molecule has 0 saturated heterocycles. The van der Waals surface area contributed by atoms with Gasteiger partial charge in [0.2, 0.25) is 5.75 Å². The van der Waals surface area contributed by atoms with Crippen molar-refractivity contribution in [3.8, 4) is 17.2 Å². The maximum atomic E-state index is 12.9. The van der Waals surface area contributed by atoms with Crippen LogP contribution in [0.2, 0.25) is 0 Å². The molecule has 1 heterocycles. The molecule has 0 bridgehead atoms. The van der Waals surface area contributed by atoms with E-state index in [0.29, 0.717) is 11.0 Å². The van der Waals surface area contributed by atoms with Crippen molar-refractivity contribution < 1.29 is 23.8 Å². The van der Waals surface area contributed by atoms with Crippen LogP contribution in [-0.4, -0.2) is 25.1 Å². The number of benzene rings is 3. The SMILES string of the molecule is COc1c(C(=O)/C=C/c2ccc3ccccc3c2)c(O)c(OC)c2occc12. The molecular weight excluding hydrogens is 356 g/mol. The zero-order valence-corrected chi connectivity index (χ0v) is 15.4. The Balaban J connectivity index is 1.77. The summed E-state index contributed by atoms with van der Waals surface area (Å²) in [7, 11) is 2.85.